The summed E-state index contributed by atoms with van der Waals surface area (Å²) in [5.74, 6) is -0.627. The minimum Gasteiger partial charge on any atom is -0.466 e. The molecule has 60 valence electrons. The van der Waals surface area contributed by atoms with Gasteiger partial charge in [0, 0.05) is 6.08 Å². The molecule has 0 bridgehead atoms. The van der Waals surface area contributed by atoms with E-state index in [-0.39, 0.29) is 0 Å². The highest BCUT2D eigenvalue weighted by Gasteiger charge is 2.24. The van der Waals surface area contributed by atoms with Crippen molar-refractivity contribution in [2.24, 2.45) is 0 Å². The van der Waals surface area contributed by atoms with Crippen molar-refractivity contribution in [3.05, 3.63) is 12.3 Å². The molecule has 0 amide bonds. The lowest BCUT2D eigenvalue weighted by Gasteiger charge is -2.13. The van der Waals surface area contributed by atoms with Crippen molar-refractivity contribution in [3.8, 4) is 0 Å². The highest BCUT2D eigenvalue weighted by atomic mass is 16.7. The summed E-state index contributed by atoms with van der Waals surface area (Å²) in [4.78, 5) is 21.1. The molecule has 5 nitrogen and oxygen atoms in total. The summed E-state index contributed by atoms with van der Waals surface area (Å²) in [6.07, 6.45) is 0.504. The van der Waals surface area contributed by atoms with Gasteiger partial charge in [0.25, 0.3) is 0 Å². The fraction of sp³-hybridized carbons (Fsp3) is 0.333. The summed E-state index contributed by atoms with van der Waals surface area (Å²) in [6, 6.07) is 0. The lowest BCUT2D eigenvalue weighted by molar-refractivity contribution is -0.149. The Bertz CT molecular complexity index is 207. The second kappa shape index (κ2) is 3.05. The van der Waals surface area contributed by atoms with Crippen LogP contribution in [-0.4, -0.2) is 25.3 Å². The average molecular weight is 158 g/mol. The van der Waals surface area contributed by atoms with E-state index in [0.29, 0.717) is 0 Å². The SMILES string of the molecule is COC(=O)C1C=COC(=O)O1. The van der Waals surface area contributed by atoms with E-state index in [1.54, 1.807) is 0 Å². The van der Waals surface area contributed by atoms with E-state index in [2.05, 4.69) is 14.2 Å². The van der Waals surface area contributed by atoms with Gasteiger partial charge in [0.1, 0.15) is 0 Å². The number of carbonyl (C=O) groups is 2. The maximum atomic E-state index is 10.7. The molecule has 1 aliphatic rings. The molecule has 0 N–H and O–H groups in total. The zero-order chi connectivity index (χ0) is 8.27. The van der Waals surface area contributed by atoms with E-state index < -0.39 is 18.2 Å². The fourth-order valence-corrected chi connectivity index (χ4v) is 0.580. The highest BCUT2D eigenvalue weighted by molar-refractivity contribution is 5.80. The van der Waals surface area contributed by atoms with E-state index >= 15 is 0 Å². The number of ether oxygens (including phenoxy) is 3. The minimum atomic E-state index is -0.971. The van der Waals surface area contributed by atoms with Crippen LogP contribution in [0.5, 0.6) is 0 Å². The molecule has 5 heteroatoms. The van der Waals surface area contributed by atoms with Crippen LogP contribution >= 0.6 is 0 Å². The molecule has 1 atom stereocenters. The summed E-state index contributed by atoms with van der Waals surface area (Å²) < 4.78 is 13.0. The van der Waals surface area contributed by atoms with Gasteiger partial charge in [0.05, 0.1) is 13.4 Å². The van der Waals surface area contributed by atoms with Gasteiger partial charge in [-0.3, -0.25) is 0 Å². The van der Waals surface area contributed by atoms with Gasteiger partial charge in [0.2, 0.25) is 6.10 Å². The monoisotopic (exact) mass is 158 g/mol. The summed E-state index contributed by atoms with van der Waals surface area (Å²) in [7, 11) is 1.21. The molecule has 0 aromatic rings. The molecule has 0 spiro atoms. The van der Waals surface area contributed by atoms with E-state index in [0.717, 1.165) is 6.26 Å². The summed E-state index contributed by atoms with van der Waals surface area (Å²) in [5.41, 5.74) is 0. The van der Waals surface area contributed by atoms with Crippen LogP contribution in [0.4, 0.5) is 4.79 Å². The highest BCUT2D eigenvalue weighted by Crippen LogP contribution is 2.05. The van der Waals surface area contributed by atoms with E-state index in [1.165, 1.54) is 13.2 Å². The van der Waals surface area contributed by atoms with Crippen LogP contribution in [0.3, 0.4) is 0 Å². The van der Waals surface area contributed by atoms with Gasteiger partial charge in [-0.2, -0.15) is 0 Å². The predicted molar refractivity (Wildman–Crippen MR) is 32.5 cm³/mol. The first kappa shape index (κ1) is 7.59. The second-order valence-corrected chi connectivity index (χ2v) is 1.76. The number of rotatable bonds is 1. The van der Waals surface area contributed by atoms with Crippen molar-refractivity contribution in [3.63, 3.8) is 0 Å². The van der Waals surface area contributed by atoms with Crippen LogP contribution < -0.4 is 0 Å². The number of methoxy groups -OCH3 is 1. The van der Waals surface area contributed by atoms with Gasteiger partial charge in [-0.1, -0.05) is 0 Å². The Morgan fingerprint density at radius 1 is 1.73 bits per heavy atom. The lowest BCUT2D eigenvalue weighted by atomic mass is 10.3. The first-order chi connectivity index (χ1) is 5.24. The number of hydrogen-bond donors (Lipinski definition) is 0. The number of cyclic esters (lactones) is 2. The molecule has 0 saturated carbocycles. The van der Waals surface area contributed by atoms with Gasteiger partial charge in [0.15, 0.2) is 0 Å². The van der Waals surface area contributed by atoms with Gasteiger partial charge >= 0.3 is 12.1 Å². The Morgan fingerprint density at radius 3 is 3.00 bits per heavy atom. The first-order valence-electron chi connectivity index (χ1n) is 2.86. The third kappa shape index (κ3) is 1.70. The van der Waals surface area contributed by atoms with Crippen LogP contribution in [0.15, 0.2) is 12.3 Å². The summed E-state index contributed by atoms with van der Waals surface area (Å²) in [6.45, 7) is 0. The molecule has 0 aromatic carbocycles. The Morgan fingerprint density at radius 2 is 2.45 bits per heavy atom. The van der Waals surface area contributed by atoms with Crippen molar-refractivity contribution in [2.75, 3.05) is 7.11 Å². The zero-order valence-electron chi connectivity index (χ0n) is 5.77. The maximum Gasteiger partial charge on any atom is 0.514 e. The van der Waals surface area contributed by atoms with Gasteiger partial charge in [-0.25, -0.2) is 9.59 Å². The number of carbonyl (C=O) groups excluding carboxylic acids is 2. The topological polar surface area (TPSA) is 61.8 Å². The van der Waals surface area contributed by atoms with E-state index in [9.17, 15) is 9.59 Å². The quantitative estimate of drug-likeness (QED) is 0.510. The molecule has 1 aliphatic heterocycles. The minimum absolute atomic E-state index is 0.627. The van der Waals surface area contributed by atoms with Crippen LogP contribution in [0, 0.1) is 0 Å². The molecule has 0 aliphatic carbocycles. The van der Waals surface area contributed by atoms with Crippen LogP contribution in [0.1, 0.15) is 0 Å². The van der Waals surface area contributed by atoms with Crippen molar-refractivity contribution in [1.82, 2.24) is 0 Å². The largest absolute Gasteiger partial charge is 0.514 e. The fourth-order valence-electron chi connectivity index (χ4n) is 0.580. The second-order valence-electron chi connectivity index (χ2n) is 1.76. The first-order valence-corrected chi connectivity index (χ1v) is 2.86. The smallest absolute Gasteiger partial charge is 0.466 e. The zero-order valence-corrected chi connectivity index (χ0v) is 5.77. The molecule has 1 unspecified atom stereocenters. The van der Waals surface area contributed by atoms with Crippen LogP contribution in [-0.2, 0) is 19.0 Å². The molecule has 1 heterocycles. The third-order valence-electron chi connectivity index (χ3n) is 1.07. The summed E-state index contributed by atoms with van der Waals surface area (Å²) >= 11 is 0. The van der Waals surface area contributed by atoms with Crippen molar-refractivity contribution in [1.29, 1.82) is 0 Å². The number of hydrogen-bond acceptors (Lipinski definition) is 5. The molecular weight excluding hydrogens is 152 g/mol. The Kier molecular flexibility index (Phi) is 2.10. The lowest BCUT2D eigenvalue weighted by Crippen LogP contribution is -2.28. The Hall–Kier alpha value is -1.52. The van der Waals surface area contributed by atoms with Crippen molar-refractivity contribution >= 4 is 12.1 Å². The molecule has 1 rings (SSSR count). The molecule has 0 fully saturated rings. The summed E-state index contributed by atoms with van der Waals surface area (Å²) in [5, 5.41) is 0. The van der Waals surface area contributed by atoms with E-state index in [4.69, 9.17) is 0 Å². The van der Waals surface area contributed by atoms with Gasteiger partial charge in [-0.15, -0.1) is 0 Å². The molecule has 0 aromatic heterocycles. The molecular formula is C6H6O5. The normalized spacial score (nSPS) is 21.9. The Labute approximate surface area is 62.5 Å². The van der Waals surface area contributed by atoms with Crippen molar-refractivity contribution < 1.29 is 23.8 Å². The third-order valence-corrected chi connectivity index (χ3v) is 1.07. The van der Waals surface area contributed by atoms with Gasteiger partial charge < -0.3 is 14.2 Å². The standard InChI is InChI=1S/C6H6O5/c1-9-5(7)4-2-3-10-6(8)11-4/h2-4H,1H3. The van der Waals surface area contributed by atoms with Gasteiger partial charge in [-0.05, 0) is 0 Å². The van der Waals surface area contributed by atoms with E-state index in [1.807, 2.05) is 0 Å². The number of esters is 1. The van der Waals surface area contributed by atoms with Crippen LogP contribution in [0.2, 0.25) is 0 Å². The molecule has 0 radical (unpaired) electrons. The van der Waals surface area contributed by atoms with Crippen LogP contribution in [0.25, 0.3) is 0 Å². The Balaban J connectivity index is 2.59. The average Bonchev–Trinajstić information content (AvgIpc) is 2.03. The van der Waals surface area contributed by atoms with Crippen molar-refractivity contribution in [2.45, 2.75) is 6.10 Å². The molecule has 11 heavy (non-hydrogen) atoms. The maximum absolute atomic E-state index is 10.7. The molecule has 0 saturated heterocycles. The predicted octanol–water partition coefficient (Wildman–Crippen LogP) is 0.208.